The molecule has 21 heavy (non-hydrogen) atoms. The van der Waals surface area contributed by atoms with Crippen LogP contribution in [0.5, 0.6) is 0 Å². The average Bonchev–Trinajstić information content (AvgIpc) is 2.99. The zero-order valence-corrected chi connectivity index (χ0v) is 14.5. The number of aromatic nitrogens is 1. The minimum Gasteiger partial charge on any atom is -0.392 e. The number of rotatable bonds is 6. The predicted octanol–water partition coefficient (Wildman–Crippen LogP) is 2.74. The highest BCUT2D eigenvalue weighted by atomic mass is 32.1. The van der Waals surface area contributed by atoms with Crippen LogP contribution in [0.3, 0.4) is 0 Å². The minimum absolute atomic E-state index is 0.0827. The largest absolute Gasteiger partial charge is 0.392 e. The number of anilines is 1. The van der Waals surface area contributed by atoms with Crippen LogP contribution in [0.1, 0.15) is 40.5 Å². The van der Waals surface area contributed by atoms with Crippen molar-refractivity contribution in [3.8, 4) is 0 Å². The molecular formula is C16H29N3OS. The fourth-order valence-corrected chi connectivity index (χ4v) is 3.76. The third kappa shape index (κ3) is 4.41. The van der Waals surface area contributed by atoms with Gasteiger partial charge in [-0.05, 0) is 18.8 Å². The number of aliphatic hydroxyl groups excluding tert-OH is 1. The number of nitrogens with zero attached hydrogens (tertiary/aromatic N) is 2. The number of nitrogens with one attached hydrogen (secondary N) is 1. The van der Waals surface area contributed by atoms with E-state index in [4.69, 9.17) is 0 Å². The van der Waals surface area contributed by atoms with Gasteiger partial charge in [0.2, 0.25) is 0 Å². The van der Waals surface area contributed by atoms with Crippen LogP contribution in [-0.2, 0) is 0 Å². The van der Waals surface area contributed by atoms with Gasteiger partial charge in [-0.2, -0.15) is 0 Å². The van der Waals surface area contributed by atoms with Crippen LogP contribution in [0, 0.1) is 11.3 Å². The normalized spacial score (nSPS) is 19.2. The monoisotopic (exact) mass is 311 g/mol. The van der Waals surface area contributed by atoms with Gasteiger partial charge in [-0.3, -0.25) is 0 Å². The topological polar surface area (TPSA) is 48.4 Å². The lowest BCUT2D eigenvalue weighted by molar-refractivity contribution is 0.0117. The van der Waals surface area contributed by atoms with E-state index < -0.39 is 0 Å². The third-order valence-electron chi connectivity index (χ3n) is 4.46. The van der Waals surface area contributed by atoms with Crippen LogP contribution in [0.2, 0.25) is 0 Å². The van der Waals surface area contributed by atoms with Crippen molar-refractivity contribution in [2.45, 2.75) is 52.7 Å². The van der Waals surface area contributed by atoms with Gasteiger partial charge in [0.15, 0.2) is 5.13 Å². The van der Waals surface area contributed by atoms with Crippen LogP contribution in [-0.4, -0.2) is 41.9 Å². The van der Waals surface area contributed by atoms with Crippen molar-refractivity contribution >= 4 is 16.5 Å². The van der Waals surface area contributed by atoms with Crippen molar-refractivity contribution in [3.63, 3.8) is 0 Å². The number of thiazole rings is 1. The van der Waals surface area contributed by atoms with Gasteiger partial charge in [-0.1, -0.05) is 27.7 Å². The van der Waals surface area contributed by atoms with Gasteiger partial charge in [-0.25, -0.2) is 4.98 Å². The van der Waals surface area contributed by atoms with Crippen LogP contribution < -0.4 is 10.2 Å². The van der Waals surface area contributed by atoms with Crippen LogP contribution in [0.4, 0.5) is 5.13 Å². The van der Waals surface area contributed by atoms with Crippen molar-refractivity contribution in [2.75, 3.05) is 24.5 Å². The number of piperidine rings is 1. The molecule has 5 heteroatoms. The van der Waals surface area contributed by atoms with Crippen molar-refractivity contribution in [1.29, 1.82) is 0 Å². The lowest BCUT2D eigenvalue weighted by Gasteiger charge is -2.37. The fourth-order valence-electron chi connectivity index (χ4n) is 3.06. The maximum Gasteiger partial charge on any atom is 0.185 e. The van der Waals surface area contributed by atoms with Crippen LogP contribution in [0.15, 0.2) is 11.6 Å². The Morgan fingerprint density at radius 2 is 2.10 bits per heavy atom. The molecule has 0 amide bonds. The summed E-state index contributed by atoms with van der Waals surface area (Å²) in [5, 5.41) is 17.1. The molecule has 1 saturated heterocycles. The molecule has 2 N–H and O–H groups in total. The fraction of sp³-hybridized carbons (Fsp3) is 0.812. The Balaban J connectivity index is 1.76. The summed E-state index contributed by atoms with van der Waals surface area (Å²) in [6, 6.07) is 0.555. The average molecular weight is 311 g/mol. The molecule has 1 aromatic rings. The highest BCUT2D eigenvalue weighted by molar-refractivity contribution is 7.13. The summed E-state index contributed by atoms with van der Waals surface area (Å²) >= 11 is 1.72. The highest BCUT2D eigenvalue weighted by Crippen LogP contribution is 2.26. The van der Waals surface area contributed by atoms with Gasteiger partial charge in [0.1, 0.15) is 0 Å². The second kappa shape index (κ2) is 7.07. The van der Waals surface area contributed by atoms with E-state index in [2.05, 4.69) is 42.9 Å². The molecule has 0 saturated carbocycles. The molecule has 0 bridgehead atoms. The summed E-state index contributed by atoms with van der Waals surface area (Å²) in [6.45, 7) is 11.5. The number of hydrogen-bond acceptors (Lipinski definition) is 5. The molecule has 0 radical (unpaired) electrons. The molecule has 0 aliphatic carbocycles. The van der Waals surface area contributed by atoms with E-state index in [0.29, 0.717) is 12.0 Å². The zero-order chi connectivity index (χ0) is 15.5. The summed E-state index contributed by atoms with van der Waals surface area (Å²) in [4.78, 5) is 6.76. The molecule has 1 aromatic heterocycles. The Kier molecular flexibility index (Phi) is 5.63. The lowest BCUT2D eigenvalue weighted by Crippen LogP contribution is -2.48. The molecule has 1 atom stereocenters. The second-order valence-electron chi connectivity index (χ2n) is 7.13. The molecule has 1 aliphatic heterocycles. The first-order valence-corrected chi connectivity index (χ1v) is 8.84. The molecule has 1 unspecified atom stereocenters. The van der Waals surface area contributed by atoms with Crippen molar-refractivity contribution in [2.24, 2.45) is 11.3 Å². The smallest absolute Gasteiger partial charge is 0.185 e. The van der Waals surface area contributed by atoms with E-state index in [0.717, 1.165) is 37.6 Å². The first kappa shape index (κ1) is 16.7. The maximum absolute atomic E-state index is 10.3. The molecule has 2 rings (SSSR count). The molecule has 1 fully saturated rings. The van der Waals surface area contributed by atoms with E-state index in [1.165, 1.54) is 0 Å². The van der Waals surface area contributed by atoms with Crippen molar-refractivity contribution in [3.05, 3.63) is 11.6 Å². The van der Waals surface area contributed by atoms with Gasteiger partial charge < -0.3 is 15.3 Å². The Morgan fingerprint density at radius 1 is 1.43 bits per heavy atom. The number of aliphatic hydroxyl groups is 1. The van der Waals surface area contributed by atoms with Crippen molar-refractivity contribution < 1.29 is 5.11 Å². The van der Waals surface area contributed by atoms with E-state index in [-0.39, 0.29) is 11.5 Å². The summed E-state index contributed by atoms with van der Waals surface area (Å²) in [6.07, 6.45) is 3.90. The van der Waals surface area contributed by atoms with Crippen LogP contribution >= 0.6 is 11.3 Å². The first-order valence-electron chi connectivity index (χ1n) is 7.96. The third-order valence-corrected chi connectivity index (χ3v) is 5.30. The molecule has 120 valence electrons. The minimum atomic E-state index is -0.264. The summed E-state index contributed by atoms with van der Waals surface area (Å²) in [7, 11) is 0. The number of hydrogen-bond donors (Lipinski definition) is 2. The lowest BCUT2D eigenvalue weighted by atomic mass is 9.80. The molecule has 0 aromatic carbocycles. The standard InChI is InChI=1S/C16H29N3OS/c1-12(2)14(20)16(3,4)11-18-13-5-8-19(9-6-13)15-17-7-10-21-15/h7,10,12-14,18,20H,5-6,8-9,11H2,1-4H3. The summed E-state index contributed by atoms with van der Waals surface area (Å²) < 4.78 is 0. The molecule has 2 heterocycles. The second-order valence-corrected chi connectivity index (χ2v) is 8.01. The maximum atomic E-state index is 10.3. The van der Waals surface area contributed by atoms with E-state index >= 15 is 0 Å². The van der Waals surface area contributed by atoms with Crippen molar-refractivity contribution in [1.82, 2.24) is 10.3 Å². The molecule has 4 nitrogen and oxygen atoms in total. The Morgan fingerprint density at radius 3 is 2.62 bits per heavy atom. The van der Waals surface area contributed by atoms with Crippen LogP contribution in [0.25, 0.3) is 0 Å². The van der Waals surface area contributed by atoms with Gasteiger partial charge in [-0.15, -0.1) is 11.3 Å². The molecular weight excluding hydrogens is 282 g/mol. The van der Waals surface area contributed by atoms with Gasteiger partial charge in [0.25, 0.3) is 0 Å². The van der Waals surface area contributed by atoms with Gasteiger partial charge >= 0.3 is 0 Å². The molecule has 0 spiro atoms. The molecule has 1 aliphatic rings. The first-order chi connectivity index (χ1) is 9.90. The summed E-state index contributed by atoms with van der Waals surface area (Å²) in [5.41, 5.74) is -0.0827. The zero-order valence-electron chi connectivity index (χ0n) is 13.7. The Bertz CT molecular complexity index is 411. The van der Waals surface area contributed by atoms with E-state index in [9.17, 15) is 5.11 Å². The van der Waals surface area contributed by atoms with E-state index in [1.54, 1.807) is 11.3 Å². The Hall–Kier alpha value is -0.650. The quantitative estimate of drug-likeness (QED) is 0.848. The van der Waals surface area contributed by atoms with Gasteiger partial charge in [0, 0.05) is 42.7 Å². The predicted molar refractivity (Wildman–Crippen MR) is 90.0 cm³/mol. The van der Waals surface area contributed by atoms with E-state index in [1.807, 2.05) is 11.6 Å². The van der Waals surface area contributed by atoms with Gasteiger partial charge in [0.05, 0.1) is 6.10 Å². The SMILES string of the molecule is CC(C)C(O)C(C)(C)CNC1CCN(c2nccs2)CC1. The highest BCUT2D eigenvalue weighted by Gasteiger charge is 2.31. The summed E-state index contributed by atoms with van der Waals surface area (Å²) in [5.74, 6) is 0.300. The Labute approximate surface area is 132 Å².